The fourth-order valence-corrected chi connectivity index (χ4v) is 2.94. The standard InChI is InChI=1S/C18H23N7O/c1-11(2)22-17-16-12(6-14(8-19)23-17)9-21-18(25-16)24-13-4-5-26-10-15(7-13)20-3/h6,9,11,13,15H,3-5,7,10H2,1-2H3,(H,22,23)(H,21,24,25)/t13-,15-/m0/s1. The number of hydrogen-bond donors (Lipinski definition) is 2. The smallest absolute Gasteiger partial charge is 0.223 e. The molecule has 1 aliphatic heterocycles. The minimum atomic E-state index is 0.0773. The summed E-state index contributed by atoms with van der Waals surface area (Å²) < 4.78 is 5.56. The molecule has 0 amide bonds. The van der Waals surface area contributed by atoms with Crippen molar-refractivity contribution in [3.63, 3.8) is 0 Å². The average molecular weight is 353 g/mol. The van der Waals surface area contributed by atoms with Crippen LogP contribution < -0.4 is 10.6 Å². The van der Waals surface area contributed by atoms with Crippen LogP contribution in [0.3, 0.4) is 0 Å². The molecule has 1 saturated heterocycles. The number of pyridine rings is 1. The zero-order valence-corrected chi connectivity index (χ0v) is 15.1. The molecule has 2 atom stereocenters. The van der Waals surface area contributed by atoms with Crippen LogP contribution in [0, 0.1) is 11.3 Å². The molecule has 1 aliphatic rings. The van der Waals surface area contributed by atoms with Crippen LogP contribution in [0.4, 0.5) is 11.8 Å². The summed E-state index contributed by atoms with van der Waals surface area (Å²) in [5.74, 6) is 1.12. The van der Waals surface area contributed by atoms with E-state index >= 15 is 0 Å². The lowest BCUT2D eigenvalue weighted by molar-refractivity contribution is 0.135. The SMILES string of the molecule is C=N[C@@H]1COCC[C@H](Nc2ncc3cc(C#N)nc(NC(C)C)c3n2)C1. The van der Waals surface area contributed by atoms with Gasteiger partial charge in [0.25, 0.3) is 0 Å². The number of nitrogens with zero attached hydrogens (tertiary/aromatic N) is 5. The average Bonchev–Trinajstić information content (AvgIpc) is 2.86. The molecule has 0 unspecified atom stereocenters. The Morgan fingerprint density at radius 3 is 3.00 bits per heavy atom. The van der Waals surface area contributed by atoms with Gasteiger partial charge in [-0.3, -0.25) is 4.99 Å². The number of ether oxygens (including phenoxy) is 1. The van der Waals surface area contributed by atoms with Crippen LogP contribution in [0.15, 0.2) is 17.3 Å². The van der Waals surface area contributed by atoms with Crippen molar-refractivity contribution in [3.8, 4) is 6.07 Å². The van der Waals surface area contributed by atoms with Gasteiger partial charge in [-0.1, -0.05) is 0 Å². The summed E-state index contributed by atoms with van der Waals surface area (Å²) in [6, 6.07) is 4.19. The van der Waals surface area contributed by atoms with Crippen molar-refractivity contribution in [2.24, 2.45) is 4.99 Å². The highest BCUT2D eigenvalue weighted by atomic mass is 16.5. The number of rotatable bonds is 5. The maximum Gasteiger partial charge on any atom is 0.223 e. The predicted octanol–water partition coefficient (Wildman–Crippen LogP) is 2.38. The van der Waals surface area contributed by atoms with Crippen LogP contribution in [0.2, 0.25) is 0 Å². The van der Waals surface area contributed by atoms with Crippen molar-refractivity contribution in [3.05, 3.63) is 18.0 Å². The summed E-state index contributed by atoms with van der Waals surface area (Å²) in [7, 11) is 0. The molecule has 3 heterocycles. The Kier molecular flexibility index (Phi) is 5.58. The lowest BCUT2D eigenvalue weighted by atomic mass is 10.1. The largest absolute Gasteiger partial charge is 0.379 e. The van der Waals surface area contributed by atoms with Crippen molar-refractivity contribution in [1.29, 1.82) is 5.26 Å². The van der Waals surface area contributed by atoms with Gasteiger partial charge in [0.1, 0.15) is 17.3 Å². The number of fused-ring (bicyclic) bond motifs is 1. The molecule has 0 radical (unpaired) electrons. The van der Waals surface area contributed by atoms with Gasteiger partial charge < -0.3 is 15.4 Å². The van der Waals surface area contributed by atoms with E-state index in [2.05, 4.69) is 43.4 Å². The Hall–Kier alpha value is -2.79. The van der Waals surface area contributed by atoms with Gasteiger partial charge in [0.15, 0.2) is 5.82 Å². The Labute approximate surface area is 152 Å². The third kappa shape index (κ3) is 4.24. The van der Waals surface area contributed by atoms with Gasteiger partial charge in [-0.2, -0.15) is 5.26 Å². The molecule has 26 heavy (non-hydrogen) atoms. The quantitative estimate of drug-likeness (QED) is 0.794. The first-order chi connectivity index (χ1) is 12.6. The molecule has 0 bridgehead atoms. The van der Waals surface area contributed by atoms with Gasteiger partial charge in [-0.15, -0.1) is 0 Å². The van der Waals surface area contributed by atoms with E-state index in [1.807, 2.05) is 13.8 Å². The number of hydrogen-bond acceptors (Lipinski definition) is 8. The van der Waals surface area contributed by atoms with E-state index in [1.54, 1.807) is 12.3 Å². The highest BCUT2D eigenvalue weighted by Gasteiger charge is 2.20. The molecule has 136 valence electrons. The molecule has 8 nitrogen and oxygen atoms in total. The van der Waals surface area contributed by atoms with Crippen LogP contribution in [0.1, 0.15) is 32.4 Å². The Morgan fingerprint density at radius 2 is 2.27 bits per heavy atom. The first kappa shape index (κ1) is 18.0. The molecule has 0 saturated carbocycles. The topological polar surface area (TPSA) is 108 Å². The van der Waals surface area contributed by atoms with Crippen LogP contribution in [-0.2, 0) is 4.74 Å². The van der Waals surface area contributed by atoms with Crippen LogP contribution in [0.25, 0.3) is 10.9 Å². The first-order valence-electron chi connectivity index (χ1n) is 8.73. The molecule has 2 N–H and O–H groups in total. The van der Waals surface area contributed by atoms with Crippen LogP contribution in [-0.4, -0.2) is 53.0 Å². The molecular formula is C18H23N7O. The second kappa shape index (κ2) is 8.06. The lowest BCUT2D eigenvalue weighted by Crippen LogP contribution is -2.25. The lowest BCUT2D eigenvalue weighted by Gasteiger charge is -2.18. The van der Waals surface area contributed by atoms with Crippen LogP contribution in [0.5, 0.6) is 0 Å². The van der Waals surface area contributed by atoms with Gasteiger partial charge in [0.2, 0.25) is 5.95 Å². The maximum atomic E-state index is 9.18. The number of nitrogens with one attached hydrogen (secondary N) is 2. The summed E-state index contributed by atoms with van der Waals surface area (Å²) in [5, 5.41) is 16.6. The van der Waals surface area contributed by atoms with Gasteiger partial charge in [0.05, 0.1) is 12.6 Å². The van der Waals surface area contributed by atoms with Crippen molar-refractivity contribution >= 4 is 29.4 Å². The fourth-order valence-electron chi connectivity index (χ4n) is 2.94. The summed E-state index contributed by atoms with van der Waals surface area (Å²) in [6.07, 6.45) is 3.40. The van der Waals surface area contributed by atoms with E-state index in [0.29, 0.717) is 36.2 Å². The number of aliphatic imine (C=N–C) groups is 1. The summed E-state index contributed by atoms with van der Waals surface area (Å²) >= 11 is 0. The maximum absolute atomic E-state index is 9.18. The van der Waals surface area contributed by atoms with E-state index in [9.17, 15) is 5.26 Å². The molecule has 0 aliphatic carbocycles. The second-order valence-electron chi connectivity index (χ2n) is 6.68. The minimum absolute atomic E-state index is 0.0773. The summed E-state index contributed by atoms with van der Waals surface area (Å²) in [4.78, 5) is 17.5. The van der Waals surface area contributed by atoms with Crippen molar-refractivity contribution in [2.45, 2.75) is 44.8 Å². The molecule has 3 rings (SSSR count). The van der Waals surface area contributed by atoms with Gasteiger partial charge in [0, 0.05) is 30.3 Å². The third-order valence-corrected chi connectivity index (χ3v) is 4.17. The third-order valence-electron chi connectivity index (χ3n) is 4.17. The number of anilines is 2. The molecule has 0 spiro atoms. The fraction of sp³-hybridized carbons (Fsp3) is 0.500. The zero-order valence-electron chi connectivity index (χ0n) is 15.1. The Bertz CT molecular complexity index is 830. The second-order valence-corrected chi connectivity index (χ2v) is 6.68. The highest BCUT2D eigenvalue weighted by Crippen LogP contribution is 2.23. The van der Waals surface area contributed by atoms with E-state index < -0.39 is 0 Å². The van der Waals surface area contributed by atoms with E-state index in [-0.39, 0.29) is 18.1 Å². The Morgan fingerprint density at radius 1 is 1.42 bits per heavy atom. The molecule has 1 fully saturated rings. The normalized spacial score (nSPS) is 20.4. The minimum Gasteiger partial charge on any atom is -0.379 e. The zero-order chi connectivity index (χ0) is 18.5. The van der Waals surface area contributed by atoms with Gasteiger partial charge in [-0.25, -0.2) is 15.0 Å². The molecular weight excluding hydrogens is 330 g/mol. The van der Waals surface area contributed by atoms with E-state index in [4.69, 9.17) is 4.74 Å². The molecule has 2 aromatic heterocycles. The highest BCUT2D eigenvalue weighted by molar-refractivity contribution is 5.89. The number of aromatic nitrogens is 3. The first-order valence-corrected chi connectivity index (χ1v) is 8.73. The van der Waals surface area contributed by atoms with E-state index in [1.165, 1.54) is 0 Å². The van der Waals surface area contributed by atoms with Crippen molar-refractivity contribution in [1.82, 2.24) is 15.0 Å². The Balaban J connectivity index is 1.90. The van der Waals surface area contributed by atoms with Crippen LogP contribution >= 0.6 is 0 Å². The van der Waals surface area contributed by atoms with Crippen molar-refractivity contribution in [2.75, 3.05) is 23.8 Å². The van der Waals surface area contributed by atoms with Gasteiger partial charge >= 0.3 is 0 Å². The molecule has 2 aromatic rings. The molecule has 8 heteroatoms. The molecule has 0 aromatic carbocycles. The summed E-state index contributed by atoms with van der Waals surface area (Å²) in [6.45, 7) is 8.93. The van der Waals surface area contributed by atoms with Crippen molar-refractivity contribution < 1.29 is 4.74 Å². The van der Waals surface area contributed by atoms with Gasteiger partial charge in [-0.05, 0) is 39.5 Å². The predicted molar refractivity (Wildman–Crippen MR) is 102 cm³/mol. The van der Waals surface area contributed by atoms with E-state index in [0.717, 1.165) is 18.2 Å². The summed E-state index contributed by atoms with van der Waals surface area (Å²) in [5.41, 5.74) is 1.03. The monoisotopic (exact) mass is 353 g/mol. The number of nitriles is 1.